The molecule has 0 aliphatic carbocycles. The van der Waals surface area contributed by atoms with E-state index in [1.165, 1.54) is 5.56 Å². The second-order valence-electron chi connectivity index (χ2n) is 7.02. The summed E-state index contributed by atoms with van der Waals surface area (Å²) in [6.45, 7) is 3.14. The SMILES string of the molecule is COCc1cc(CN2CCCC(C(=O)c3ccc(Cl)cc3)C2)ccc1OC. The smallest absolute Gasteiger partial charge is 0.167 e. The van der Waals surface area contributed by atoms with Gasteiger partial charge in [0.15, 0.2) is 5.78 Å². The van der Waals surface area contributed by atoms with E-state index in [2.05, 4.69) is 17.0 Å². The van der Waals surface area contributed by atoms with Crippen molar-refractivity contribution >= 4 is 17.4 Å². The number of halogens is 1. The summed E-state index contributed by atoms with van der Waals surface area (Å²) in [6.07, 6.45) is 1.97. The van der Waals surface area contributed by atoms with Crippen molar-refractivity contribution in [1.82, 2.24) is 4.90 Å². The average molecular weight is 388 g/mol. The van der Waals surface area contributed by atoms with Crippen LogP contribution in [0.3, 0.4) is 0 Å². The molecule has 1 aliphatic heterocycles. The minimum atomic E-state index is 0.0385. The predicted octanol–water partition coefficient (Wildman–Crippen LogP) is 4.59. The molecule has 0 bridgehead atoms. The molecular weight excluding hydrogens is 362 g/mol. The van der Waals surface area contributed by atoms with Gasteiger partial charge in [-0.2, -0.15) is 0 Å². The molecule has 0 N–H and O–H groups in total. The number of ketones is 1. The van der Waals surface area contributed by atoms with E-state index in [9.17, 15) is 4.79 Å². The van der Waals surface area contributed by atoms with Crippen LogP contribution in [0.4, 0.5) is 0 Å². The molecule has 0 aromatic heterocycles. The summed E-state index contributed by atoms with van der Waals surface area (Å²) in [4.78, 5) is 15.2. The number of hydrogen-bond acceptors (Lipinski definition) is 4. The Bertz CT molecular complexity index is 776. The lowest BCUT2D eigenvalue weighted by Crippen LogP contribution is -2.38. The van der Waals surface area contributed by atoms with Gasteiger partial charge >= 0.3 is 0 Å². The molecule has 1 heterocycles. The normalized spacial score (nSPS) is 17.7. The van der Waals surface area contributed by atoms with Gasteiger partial charge in [-0.3, -0.25) is 9.69 Å². The van der Waals surface area contributed by atoms with Crippen LogP contribution < -0.4 is 4.74 Å². The second-order valence-corrected chi connectivity index (χ2v) is 7.46. The maximum atomic E-state index is 12.8. The molecule has 27 heavy (non-hydrogen) atoms. The monoisotopic (exact) mass is 387 g/mol. The van der Waals surface area contributed by atoms with E-state index in [4.69, 9.17) is 21.1 Å². The number of rotatable bonds is 7. The third-order valence-electron chi connectivity index (χ3n) is 5.06. The molecule has 2 aromatic carbocycles. The van der Waals surface area contributed by atoms with Crippen molar-refractivity contribution in [2.75, 3.05) is 27.3 Å². The number of piperidine rings is 1. The Morgan fingerprint density at radius 1 is 1.19 bits per heavy atom. The maximum absolute atomic E-state index is 12.8. The van der Waals surface area contributed by atoms with Gasteiger partial charge in [0, 0.05) is 42.3 Å². The summed E-state index contributed by atoms with van der Waals surface area (Å²) in [5.74, 6) is 1.10. The highest BCUT2D eigenvalue weighted by Gasteiger charge is 2.26. The van der Waals surface area contributed by atoms with Crippen LogP contribution in [0.5, 0.6) is 5.75 Å². The predicted molar refractivity (Wildman–Crippen MR) is 107 cm³/mol. The summed E-state index contributed by atoms with van der Waals surface area (Å²) in [7, 11) is 3.36. The highest BCUT2D eigenvalue weighted by Crippen LogP contribution is 2.25. The number of benzene rings is 2. The molecule has 4 nitrogen and oxygen atoms in total. The van der Waals surface area contributed by atoms with E-state index >= 15 is 0 Å². The van der Waals surface area contributed by atoms with E-state index in [1.807, 2.05) is 18.2 Å². The van der Waals surface area contributed by atoms with Gasteiger partial charge in [-0.25, -0.2) is 0 Å². The van der Waals surface area contributed by atoms with Crippen molar-refractivity contribution in [3.05, 3.63) is 64.2 Å². The third-order valence-corrected chi connectivity index (χ3v) is 5.31. The Morgan fingerprint density at radius 3 is 2.67 bits per heavy atom. The topological polar surface area (TPSA) is 38.8 Å². The van der Waals surface area contributed by atoms with Crippen molar-refractivity contribution in [2.45, 2.75) is 26.0 Å². The largest absolute Gasteiger partial charge is 0.496 e. The van der Waals surface area contributed by atoms with E-state index in [-0.39, 0.29) is 11.7 Å². The Morgan fingerprint density at radius 2 is 1.96 bits per heavy atom. The Kier molecular flexibility index (Phi) is 6.89. The van der Waals surface area contributed by atoms with Gasteiger partial charge in [0.05, 0.1) is 13.7 Å². The van der Waals surface area contributed by atoms with Crippen LogP contribution in [0, 0.1) is 5.92 Å². The number of hydrogen-bond donors (Lipinski definition) is 0. The number of likely N-dealkylation sites (tertiary alicyclic amines) is 1. The molecule has 1 unspecified atom stereocenters. The molecule has 0 amide bonds. The van der Waals surface area contributed by atoms with E-state index < -0.39 is 0 Å². The molecule has 5 heteroatoms. The summed E-state index contributed by atoms with van der Waals surface area (Å²) in [5, 5.41) is 0.656. The zero-order valence-electron chi connectivity index (χ0n) is 15.9. The van der Waals surface area contributed by atoms with Gasteiger partial charge in [0.25, 0.3) is 0 Å². The highest BCUT2D eigenvalue weighted by atomic mass is 35.5. The van der Waals surface area contributed by atoms with Crippen LogP contribution in [-0.4, -0.2) is 38.0 Å². The minimum Gasteiger partial charge on any atom is -0.496 e. The lowest BCUT2D eigenvalue weighted by Gasteiger charge is -2.32. The molecular formula is C22H26ClNO3. The van der Waals surface area contributed by atoms with Crippen molar-refractivity contribution in [3.63, 3.8) is 0 Å². The van der Waals surface area contributed by atoms with Gasteiger partial charge in [0.1, 0.15) is 5.75 Å². The van der Waals surface area contributed by atoms with Crippen LogP contribution in [0.15, 0.2) is 42.5 Å². The first-order chi connectivity index (χ1) is 13.1. The fourth-order valence-electron chi connectivity index (χ4n) is 3.72. The molecule has 144 valence electrons. The Labute approximate surface area is 166 Å². The molecule has 0 saturated carbocycles. The molecule has 1 atom stereocenters. The van der Waals surface area contributed by atoms with Gasteiger partial charge in [-0.15, -0.1) is 0 Å². The first-order valence-corrected chi connectivity index (χ1v) is 9.65. The van der Waals surface area contributed by atoms with Crippen molar-refractivity contribution < 1.29 is 14.3 Å². The van der Waals surface area contributed by atoms with Crippen LogP contribution in [0.2, 0.25) is 5.02 Å². The quantitative estimate of drug-likeness (QED) is 0.651. The van der Waals surface area contributed by atoms with Crippen LogP contribution >= 0.6 is 11.6 Å². The van der Waals surface area contributed by atoms with Gasteiger partial charge in [-0.05, 0) is 61.3 Å². The van der Waals surface area contributed by atoms with Gasteiger partial charge in [0.2, 0.25) is 0 Å². The lowest BCUT2D eigenvalue weighted by molar-refractivity contribution is 0.0811. The Hall–Kier alpha value is -1.88. The van der Waals surface area contributed by atoms with Crippen molar-refractivity contribution in [1.29, 1.82) is 0 Å². The zero-order chi connectivity index (χ0) is 19.2. The van der Waals surface area contributed by atoms with E-state index in [0.717, 1.165) is 49.4 Å². The summed E-state index contributed by atoms with van der Waals surface area (Å²) in [5.41, 5.74) is 3.00. The fourth-order valence-corrected chi connectivity index (χ4v) is 3.85. The molecule has 1 aliphatic rings. The van der Waals surface area contributed by atoms with Crippen molar-refractivity contribution in [2.24, 2.45) is 5.92 Å². The second kappa shape index (κ2) is 9.36. The zero-order valence-corrected chi connectivity index (χ0v) is 16.7. The number of carbonyl (C=O) groups is 1. The maximum Gasteiger partial charge on any atom is 0.167 e. The first kappa shape index (κ1) is 19.9. The van der Waals surface area contributed by atoms with E-state index in [0.29, 0.717) is 11.6 Å². The average Bonchev–Trinajstić information content (AvgIpc) is 2.69. The summed E-state index contributed by atoms with van der Waals surface area (Å²) < 4.78 is 10.7. The standard InChI is InChI=1S/C22H26ClNO3/c1-26-15-19-12-16(5-10-21(19)27-2)13-24-11-3-4-18(14-24)22(25)17-6-8-20(23)9-7-17/h5-10,12,18H,3-4,11,13-15H2,1-2H3. The van der Waals surface area contributed by atoms with Crippen molar-refractivity contribution in [3.8, 4) is 5.75 Å². The fraction of sp³-hybridized carbons (Fsp3) is 0.409. The van der Waals surface area contributed by atoms with Gasteiger partial charge in [-0.1, -0.05) is 17.7 Å². The first-order valence-electron chi connectivity index (χ1n) is 9.27. The van der Waals surface area contributed by atoms with Crippen LogP contribution in [0.1, 0.15) is 34.3 Å². The summed E-state index contributed by atoms with van der Waals surface area (Å²) in [6, 6.07) is 13.4. The molecule has 1 fully saturated rings. The number of ether oxygens (including phenoxy) is 2. The molecule has 2 aromatic rings. The minimum absolute atomic E-state index is 0.0385. The lowest BCUT2D eigenvalue weighted by atomic mass is 9.90. The number of nitrogens with zero attached hydrogens (tertiary/aromatic N) is 1. The van der Waals surface area contributed by atoms with E-state index in [1.54, 1.807) is 26.4 Å². The number of methoxy groups -OCH3 is 2. The van der Waals surface area contributed by atoms with Crippen LogP contribution in [0.25, 0.3) is 0 Å². The van der Waals surface area contributed by atoms with Gasteiger partial charge < -0.3 is 9.47 Å². The molecule has 3 rings (SSSR count). The summed E-state index contributed by atoms with van der Waals surface area (Å²) >= 11 is 5.93. The third kappa shape index (κ3) is 5.10. The molecule has 1 saturated heterocycles. The number of carbonyl (C=O) groups excluding carboxylic acids is 1. The molecule has 0 spiro atoms. The molecule has 0 radical (unpaired) electrons. The Balaban J connectivity index is 1.67. The highest BCUT2D eigenvalue weighted by molar-refractivity contribution is 6.30. The number of Topliss-reactive ketones (excluding diaryl/α,β-unsaturated/α-hetero) is 1. The van der Waals surface area contributed by atoms with Crippen LogP contribution in [-0.2, 0) is 17.9 Å².